The molecule has 4 fully saturated rings. The van der Waals surface area contributed by atoms with Crippen molar-refractivity contribution < 1.29 is 28.7 Å². The first-order chi connectivity index (χ1) is 17.7. The molecule has 212 valence electrons. The summed E-state index contributed by atoms with van der Waals surface area (Å²) in [5.41, 5.74) is 4.48. The summed E-state index contributed by atoms with van der Waals surface area (Å²) in [5.74, 6) is -3.74. The van der Waals surface area contributed by atoms with E-state index in [2.05, 4.69) is 10.6 Å². The third-order valence-electron chi connectivity index (χ3n) is 8.09. The van der Waals surface area contributed by atoms with Crippen LogP contribution in [0, 0.1) is 23.7 Å². The summed E-state index contributed by atoms with van der Waals surface area (Å²) in [6, 6.07) is -3.00. The summed E-state index contributed by atoms with van der Waals surface area (Å²) < 4.78 is 4.25. The predicted molar refractivity (Wildman–Crippen MR) is 140 cm³/mol. The van der Waals surface area contributed by atoms with E-state index in [-0.39, 0.29) is 24.3 Å². The number of rotatable bonds is 9. The number of carbonyl (C=O) groups is 5. The van der Waals surface area contributed by atoms with Crippen LogP contribution in [0.2, 0.25) is 0 Å². The van der Waals surface area contributed by atoms with Crippen LogP contribution in [0.25, 0.3) is 0 Å². The molecule has 4 aliphatic rings. The molecular weight excluding hydrogens is 535 g/mol. The molecule has 4 amide bonds. The third-order valence-corrected chi connectivity index (χ3v) is 9.15. The van der Waals surface area contributed by atoms with Gasteiger partial charge in [0.15, 0.2) is 0 Å². The summed E-state index contributed by atoms with van der Waals surface area (Å²) in [4.78, 5) is 65.8. The van der Waals surface area contributed by atoms with E-state index in [1.165, 1.54) is 4.90 Å². The average molecular weight is 574 g/mol. The van der Waals surface area contributed by atoms with Gasteiger partial charge >= 0.3 is 6.09 Å². The SMILES string of the molecule is CC(C)(C)OC(=O)N[C@H](C(=O)N1CC2[C@@H]([C@H]1C(=O)NC(CC1CC1)C(=O)C(N)=O)C2(Cl)Cl)C1CCCCC1. The van der Waals surface area contributed by atoms with Gasteiger partial charge in [0.1, 0.15) is 22.0 Å². The van der Waals surface area contributed by atoms with Crippen molar-refractivity contribution in [2.45, 2.75) is 100 Å². The molecule has 3 aliphatic carbocycles. The molecule has 10 nitrogen and oxygen atoms in total. The fraction of sp³-hybridized carbons (Fsp3) is 0.808. The molecule has 0 bridgehead atoms. The molecule has 3 saturated carbocycles. The van der Waals surface area contributed by atoms with E-state index in [4.69, 9.17) is 33.7 Å². The average Bonchev–Trinajstić information content (AvgIpc) is 3.68. The number of alkyl halides is 2. The second kappa shape index (κ2) is 10.8. The van der Waals surface area contributed by atoms with E-state index in [1.54, 1.807) is 20.8 Å². The Morgan fingerprint density at radius 1 is 1.03 bits per heavy atom. The minimum absolute atomic E-state index is 0.111. The van der Waals surface area contributed by atoms with Crippen molar-refractivity contribution in [3.63, 3.8) is 0 Å². The Labute approximate surface area is 233 Å². The molecule has 0 aromatic rings. The molecule has 12 heteroatoms. The van der Waals surface area contributed by atoms with E-state index in [0.29, 0.717) is 6.42 Å². The molecule has 0 aromatic heterocycles. The quantitative estimate of drug-likeness (QED) is 0.285. The predicted octanol–water partition coefficient (Wildman–Crippen LogP) is 2.43. The largest absolute Gasteiger partial charge is 0.444 e. The summed E-state index contributed by atoms with van der Waals surface area (Å²) in [6.45, 7) is 5.36. The van der Waals surface area contributed by atoms with Crippen LogP contribution >= 0.6 is 23.2 Å². The summed E-state index contributed by atoms with van der Waals surface area (Å²) >= 11 is 12.9. The molecule has 2 unspecified atom stereocenters. The van der Waals surface area contributed by atoms with Crippen LogP contribution in [-0.4, -0.2) is 69.1 Å². The zero-order valence-electron chi connectivity index (χ0n) is 22.1. The number of piperidine rings is 1. The summed E-state index contributed by atoms with van der Waals surface area (Å²) in [5, 5.41) is 5.44. The van der Waals surface area contributed by atoms with E-state index < -0.39 is 63.6 Å². The number of primary amides is 1. The molecule has 38 heavy (non-hydrogen) atoms. The number of fused-ring (bicyclic) bond motifs is 1. The monoisotopic (exact) mass is 572 g/mol. The molecular formula is C26H38Cl2N4O6. The van der Waals surface area contributed by atoms with Crippen LogP contribution in [0.15, 0.2) is 0 Å². The lowest BCUT2D eigenvalue weighted by atomic mass is 9.83. The van der Waals surface area contributed by atoms with Crippen molar-refractivity contribution in [3.8, 4) is 0 Å². The lowest BCUT2D eigenvalue weighted by molar-refractivity contribution is -0.144. The highest BCUT2D eigenvalue weighted by atomic mass is 35.5. The maximum Gasteiger partial charge on any atom is 0.408 e. The zero-order valence-corrected chi connectivity index (χ0v) is 23.6. The second-order valence-corrected chi connectivity index (χ2v) is 13.7. The zero-order chi connectivity index (χ0) is 28.0. The van der Waals surface area contributed by atoms with Gasteiger partial charge in [0.2, 0.25) is 17.6 Å². The number of hydrogen-bond acceptors (Lipinski definition) is 6. The van der Waals surface area contributed by atoms with Crippen LogP contribution < -0.4 is 16.4 Å². The number of nitrogens with zero attached hydrogens (tertiary/aromatic N) is 1. The van der Waals surface area contributed by atoms with Gasteiger partial charge in [-0.3, -0.25) is 19.2 Å². The summed E-state index contributed by atoms with van der Waals surface area (Å²) in [7, 11) is 0. The number of amides is 4. The molecule has 4 N–H and O–H groups in total. The van der Waals surface area contributed by atoms with Gasteiger partial charge in [0.05, 0.1) is 6.04 Å². The summed E-state index contributed by atoms with van der Waals surface area (Å²) in [6.07, 6.45) is 5.86. The maximum absolute atomic E-state index is 14.0. The number of carbonyl (C=O) groups excluding carboxylic acids is 5. The standard InChI is InChI=1S/C26H38Cl2N4O6/c1-25(2,3)38-24(37)31-18(14-7-5-4-6-8-14)23(36)32-12-15-17(26(15,27)28)19(32)22(35)30-16(11-13-9-10-13)20(33)21(29)34/h13-19H,4-12H2,1-3H3,(H2,29,34)(H,30,35)(H,31,37)/t15?,16?,17-,18-,19-/m0/s1. The van der Waals surface area contributed by atoms with Crippen LogP contribution in [0.1, 0.15) is 72.1 Å². The van der Waals surface area contributed by atoms with E-state index in [9.17, 15) is 24.0 Å². The highest BCUT2D eigenvalue weighted by Crippen LogP contribution is 2.65. The van der Waals surface area contributed by atoms with Crippen LogP contribution in [0.5, 0.6) is 0 Å². The van der Waals surface area contributed by atoms with Gasteiger partial charge in [-0.05, 0) is 51.9 Å². The fourth-order valence-corrected chi connectivity index (χ4v) is 6.77. The molecule has 0 radical (unpaired) electrons. The van der Waals surface area contributed by atoms with Crippen LogP contribution in [-0.2, 0) is 23.9 Å². The van der Waals surface area contributed by atoms with Crippen molar-refractivity contribution in [2.75, 3.05) is 6.54 Å². The lowest BCUT2D eigenvalue weighted by Gasteiger charge is -2.36. The van der Waals surface area contributed by atoms with Crippen LogP contribution in [0.4, 0.5) is 4.79 Å². The fourth-order valence-electron chi connectivity index (χ4n) is 5.94. The topological polar surface area (TPSA) is 148 Å². The van der Waals surface area contributed by atoms with E-state index in [0.717, 1.165) is 44.9 Å². The van der Waals surface area contributed by atoms with Crippen LogP contribution in [0.3, 0.4) is 0 Å². The number of ether oxygens (including phenoxy) is 1. The molecule has 4 rings (SSSR count). The van der Waals surface area contributed by atoms with Gasteiger partial charge in [-0.25, -0.2) is 4.79 Å². The number of ketones is 1. The first-order valence-corrected chi connectivity index (χ1v) is 14.3. The Bertz CT molecular complexity index is 989. The van der Waals surface area contributed by atoms with Gasteiger partial charge in [-0.1, -0.05) is 32.1 Å². The molecule has 1 aliphatic heterocycles. The Morgan fingerprint density at radius 3 is 2.21 bits per heavy atom. The number of hydrogen-bond donors (Lipinski definition) is 3. The Hall–Kier alpha value is -2.07. The van der Waals surface area contributed by atoms with Gasteiger partial charge in [-0.15, -0.1) is 23.2 Å². The number of halogens is 2. The molecule has 5 atom stereocenters. The van der Waals surface area contributed by atoms with E-state index >= 15 is 0 Å². The lowest BCUT2D eigenvalue weighted by Crippen LogP contribution is -2.60. The third kappa shape index (κ3) is 6.38. The normalized spacial score (nSPS) is 28.0. The first kappa shape index (κ1) is 28.9. The van der Waals surface area contributed by atoms with Gasteiger partial charge in [0.25, 0.3) is 5.91 Å². The van der Waals surface area contributed by atoms with Crippen molar-refractivity contribution in [3.05, 3.63) is 0 Å². The maximum atomic E-state index is 14.0. The minimum Gasteiger partial charge on any atom is -0.444 e. The Morgan fingerprint density at radius 2 is 1.66 bits per heavy atom. The molecule has 1 heterocycles. The molecule has 0 aromatic carbocycles. The van der Waals surface area contributed by atoms with E-state index in [1.807, 2.05) is 0 Å². The highest BCUT2D eigenvalue weighted by Gasteiger charge is 2.74. The number of nitrogens with two attached hydrogens (primary N) is 1. The number of likely N-dealkylation sites (tertiary alicyclic amines) is 1. The Kier molecular flexibility index (Phi) is 8.25. The van der Waals surface area contributed by atoms with Crippen molar-refractivity contribution in [1.29, 1.82) is 0 Å². The molecule has 0 spiro atoms. The number of Topliss-reactive ketones (excluding diaryl/α,β-unsaturated/α-hetero) is 1. The van der Waals surface area contributed by atoms with Gasteiger partial charge < -0.3 is 26.0 Å². The van der Waals surface area contributed by atoms with Crippen molar-refractivity contribution >= 4 is 52.8 Å². The number of nitrogens with one attached hydrogen (secondary N) is 2. The van der Waals surface area contributed by atoms with Crippen molar-refractivity contribution in [1.82, 2.24) is 15.5 Å². The number of alkyl carbamates (subject to hydrolysis) is 1. The minimum atomic E-state index is -1.18. The first-order valence-electron chi connectivity index (χ1n) is 13.5. The Balaban J connectivity index is 1.55. The van der Waals surface area contributed by atoms with Crippen molar-refractivity contribution in [2.24, 2.45) is 29.4 Å². The smallest absolute Gasteiger partial charge is 0.408 e. The van der Waals surface area contributed by atoms with Gasteiger partial charge in [-0.2, -0.15) is 0 Å². The molecule has 1 saturated heterocycles. The highest BCUT2D eigenvalue weighted by molar-refractivity contribution is 6.51. The second-order valence-electron chi connectivity index (χ2n) is 12.2. The van der Waals surface area contributed by atoms with Gasteiger partial charge in [0, 0.05) is 18.4 Å².